The van der Waals surface area contributed by atoms with Gasteiger partial charge in [-0.25, -0.2) is 8.42 Å². The number of hydrogen-bond donors (Lipinski definition) is 1. The Labute approximate surface area is 112 Å². The smallest absolute Gasteiger partial charge is 0.147 e. The van der Waals surface area contributed by atoms with Crippen molar-refractivity contribution in [1.82, 2.24) is 0 Å². The van der Waals surface area contributed by atoms with Crippen molar-refractivity contribution in [3.8, 4) is 0 Å². The van der Waals surface area contributed by atoms with Gasteiger partial charge < -0.3 is 5.73 Å². The minimum absolute atomic E-state index is 0.0742. The summed E-state index contributed by atoms with van der Waals surface area (Å²) in [5.41, 5.74) is 6.36. The molecule has 0 aromatic carbocycles. The number of hydrogen-bond acceptors (Lipinski definition) is 3. The lowest BCUT2D eigenvalue weighted by Crippen LogP contribution is -2.38. The molecule has 0 radical (unpaired) electrons. The fourth-order valence-corrected chi connectivity index (χ4v) is 3.86. The summed E-state index contributed by atoms with van der Waals surface area (Å²) in [7, 11) is -2.87. The second-order valence-electron chi connectivity index (χ2n) is 7.22. The Morgan fingerprint density at radius 1 is 1.22 bits per heavy atom. The van der Waals surface area contributed by atoms with Crippen LogP contribution in [-0.2, 0) is 9.84 Å². The van der Waals surface area contributed by atoms with Crippen molar-refractivity contribution in [3.05, 3.63) is 0 Å². The van der Waals surface area contributed by atoms with Gasteiger partial charge in [-0.2, -0.15) is 0 Å². The van der Waals surface area contributed by atoms with E-state index >= 15 is 0 Å². The zero-order valence-electron chi connectivity index (χ0n) is 12.3. The predicted octanol–water partition coefficient (Wildman–Crippen LogP) is 2.60. The van der Waals surface area contributed by atoms with E-state index in [1.165, 1.54) is 19.1 Å². The lowest BCUT2D eigenvalue weighted by molar-refractivity contribution is 0.0903. The highest BCUT2D eigenvalue weighted by molar-refractivity contribution is 7.90. The fraction of sp³-hybridized carbons (Fsp3) is 1.00. The van der Waals surface area contributed by atoms with Gasteiger partial charge in [-0.3, -0.25) is 0 Å². The first-order valence-electron chi connectivity index (χ1n) is 6.96. The van der Waals surface area contributed by atoms with Crippen LogP contribution < -0.4 is 5.73 Å². The van der Waals surface area contributed by atoms with E-state index in [9.17, 15) is 8.42 Å². The molecular formula is C14H29NO2S. The summed E-state index contributed by atoms with van der Waals surface area (Å²) in [4.78, 5) is 0. The maximum atomic E-state index is 11.3. The molecule has 0 aromatic heterocycles. The summed E-state index contributed by atoms with van der Waals surface area (Å²) < 4.78 is 22.6. The Morgan fingerprint density at radius 2 is 1.72 bits per heavy atom. The highest BCUT2D eigenvalue weighted by Gasteiger charge is 2.38. The zero-order chi connectivity index (χ0) is 14.0. The van der Waals surface area contributed by atoms with E-state index in [1.807, 2.05) is 0 Å². The number of nitrogens with two attached hydrogens (primary N) is 1. The van der Waals surface area contributed by atoms with E-state index in [1.54, 1.807) is 0 Å². The molecule has 0 spiro atoms. The summed E-state index contributed by atoms with van der Waals surface area (Å²) in [5.74, 6) is 1.03. The molecule has 0 heterocycles. The molecule has 4 heteroatoms. The summed E-state index contributed by atoms with van der Waals surface area (Å²) in [5, 5.41) is 0. The first kappa shape index (κ1) is 16.0. The summed E-state index contributed by atoms with van der Waals surface area (Å²) in [6.45, 7) is 7.51. The van der Waals surface area contributed by atoms with Crippen LogP contribution in [0.4, 0.5) is 0 Å². The van der Waals surface area contributed by atoms with E-state index in [0.717, 1.165) is 25.2 Å². The van der Waals surface area contributed by atoms with Crippen LogP contribution in [0.15, 0.2) is 0 Å². The summed E-state index contributed by atoms with van der Waals surface area (Å²) in [6.07, 6.45) is 6.59. The zero-order valence-corrected chi connectivity index (χ0v) is 13.1. The lowest BCUT2D eigenvalue weighted by atomic mass is 9.63. The van der Waals surface area contributed by atoms with Crippen LogP contribution in [0.5, 0.6) is 0 Å². The largest absolute Gasteiger partial charge is 0.330 e. The molecule has 1 aliphatic carbocycles. The van der Waals surface area contributed by atoms with Gasteiger partial charge in [-0.1, -0.05) is 20.8 Å². The molecule has 0 amide bonds. The Bertz CT molecular complexity index is 360. The number of sulfone groups is 1. The van der Waals surface area contributed by atoms with Crippen molar-refractivity contribution < 1.29 is 8.42 Å². The van der Waals surface area contributed by atoms with E-state index in [2.05, 4.69) is 20.8 Å². The fourth-order valence-electron chi connectivity index (χ4n) is 3.05. The predicted molar refractivity (Wildman–Crippen MR) is 77.2 cm³/mol. The first-order valence-corrected chi connectivity index (χ1v) is 9.02. The van der Waals surface area contributed by atoms with Crippen LogP contribution >= 0.6 is 0 Å². The molecule has 108 valence electrons. The topological polar surface area (TPSA) is 60.2 Å². The van der Waals surface area contributed by atoms with E-state index in [0.29, 0.717) is 12.0 Å². The molecule has 1 fully saturated rings. The van der Waals surface area contributed by atoms with Gasteiger partial charge in [0.2, 0.25) is 0 Å². The van der Waals surface area contributed by atoms with Crippen LogP contribution in [0.2, 0.25) is 0 Å². The first-order chi connectivity index (χ1) is 8.08. The van der Waals surface area contributed by atoms with Gasteiger partial charge in [0.15, 0.2) is 0 Å². The van der Waals surface area contributed by atoms with Crippen LogP contribution in [0, 0.1) is 16.7 Å². The van der Waals surface area contributed by atoms with E-state index in [-0.39, 0.29) is 11.2 Å². The molecule has 0 bridgehead atoms. The van der Waals surface area contributed by atoms with Crippen molar-refractivity contribution in [2.75, 3.05) is 18.6 Å². The standard InChI is InChI=1S/C14H29NO2S/c1-13(2,3)12-5-7-14(11-15,8-6-12)9-10-18(4,16)17/h12H,5-11,15H2,1-4H3. The second-order valence-corrected chi connectivity index (χ2v) is 9.48. The Balaban J connectivity index is 2.60. The molecule has 1 saturated carbocycles. The van der Waals surface area contributed by atoms with Gasteiger partial charge in [0.25, 0.3) is 0 Å². The normalized spacial score (nSPS) is 30.4. The SMILES string of the molecule is CC(C)(C)C1CCC(CN)(CCS(C)(=O)=O)CC1. The third-order valence-electron chi connectivity index (χ3n) is 4.71. The Hall–Kier alpha value is -0.0900. The highest BCUT2D eigenvalue weighted by Crippen LogP contribution is 2.46. The van der Waals surface area contributed by atoms with Gasteiger partial charge >= 0.3 is 0 Å². The maximum Gasteiger partial charge on any atom is 0.147 e. The van der Waals surface area contributed by atoms with Crippen LogP contribution in [-0.4, -0.2) is 27.0 Å². The van der Waals surface area contributed by atoms with Crippen molar-refractivity contribution >= 4 is 9.84 Å². The molecule has 0 aliphatic heterocycles. The molecule has 0 aromatic rings. The molecule has 2 N–H and O–H groups in total. The molecule has 0 saturated heterocycles. The average Bonchev–Trinajstić information content (AvgIpc) is 2.25. The van der Waals surface area contributed by atoms with E-state index < -0.39 is 9.84 Å². The minimum atomic E-state index is -2.87. The van der Waals surface area contributed by atoms with Gasteiger partial charge in [-0.15, -0.1) is 0 Å². The van der Waals surface area contributed by atoms with Crippen LogP contribution in [0.25, 0.3) is 0 Å². The molecule has 0 unspecified atom stereocenters. The molecule has 1 rings (SSSR count). The minimum Gasteiger partial charge on any atom is -0.330 e. The third kappa shape index (κ3) is 4.54. The van der Waals surface area contributed by atoms with Gasteiger partial charge in [0.05, 0.1) is 5.75 Å². The van der Waals surface area contributed by atoms with Gasteiger partial charge in [0, 0.05) is 6.26 Å². The molecule has 18 heavy (non-hydrogen) atoms. The monoisotopic (exact) mass is 275 g/mol. The lowest BCUT2D eigenvalue weighted by Gasteiger charge is -2.43. The quantitative estimate of drug-likeness (QED) is 0.858. The van der Waals surface area contributed by atoms with Crippen LogP contribution in [0.1, 0.15) is 52.9 Å². The Morgan fingerprint density at radius 3 is 2.06 bits per heavy atom. The third-order valence-corrected chi connectivity index (χ3v) is 5.65. The van der Waals surface area contributed by atoms with Gasteiger partial charge in [-0.05, 0) is 55.4 Å². The average molecular weight is 275 g/mol. The van der Waals surface area contributed by atoms with Gasteiger partial charge in [0.1, 0.15) is 9.84 Å². The molecule has 0 atom stereocenters. The van der Waals surface area contributed by atoms with Crippen molar-refractivity contribution in [1.29, 1.82) is 0 Å². The van der Waals surface area contributed by atoms with Crippen molar-refractivity contribution in [2.24, 2.45) is 22.5 Å². The number of rotatable bonds is 4. The summed E-state index contributed by atoms with van der Waals surface area (Å²) in [6, 6.07) is 0. The second kappa shape index (κ2) is 5.49. The molecule has 3 nitrogen and oxygen atoms in total. The summed E-state index contributed by atoms with van der Waals surface area (Å²) >= 11 is 0. The highest BCUT2D eigenvalue weighted by atomic mass is 32.2. The van der Waals surface area contributed by atoms with Crippen molar-refractivity contribution in [2.45, 2.75) is 52.9 Å². The Kier molecular flexibility index (Phi) is 4.87. The molecule has 1 aliphatic rings. The van der Waals surface area contributed by atoms with Crippen LogP contribution in [0.3, 0.4) is 0 Å². The maximum absolute atomic E-state index is 11.3. The van der Waals surface area contributed by atoms with Crippen molar-refractivity contribution in [3.63, 3.8) is 0 Å². The molecular weight excluding hydrogens is 246 g/mol. The van der Waals surface area contributed by atoms with E-state index in [4.69, 9.17) is 5.73 Å².